The number of piperidine rings is 1. The average molecular weight is 358 g/mol. The molecule has 126 valence electrons. The predicted molar refractivity (Wildman–Crippen MR) is 92.0 cm³/mol. The Morgan fingerprint density at radius 2 is 2.17 bits per heavy atom. The number of hydrogen-bond donors (Lipinski definition) is 3. The van der Waals surface area contributed by atoms with Crippen molar-refractivity contribution in [2.24, 2.45) is 5.92 Å². The quantitative estimate of drug-likeness (QED) is 0.756. The van der Waals surface area contributed by atoms with Gasteiger partial charge in [0.1, 0.15) is 6.04 Å². The summed E-state index contributed by atoms with van der Waals surface area (Å²) in [4.78, 5) is 24.3. The van der Waals surface area contributed by atoms with Gasteiger partial charge < -0.3 is 16.0 Å². The summed E-state index contributed by atoms with van der Waals surface area (Å²) in [5.74, 6) is -0.181. The second-order valence-corrected chi connectivity index (χ2v) is 6.54. The standard InChI is InChI=1S/C16H21Cl2N3O2/c1-10(15(22)20-9-11-4-3-7-19-8-11)21-16(23)12-5-2-6-13(17)14(12)18/h2,5-6,10-11,19H,3-4,7-9H2,1H3,(H,20,22)(H,21,23). The van der Waals surface area contributed by atoms with Gasteiger partial charge in [-0.2, -0.15) is 0 Å². The monoisotopic (exact) mass is 357 g/mol. The summed E-state index contributed by atoms with van der Waals surface area (Å²) in [6.45, 7) is 4.21. The third-order valence-corrected chi connectivity index (χ3v) is 4.72. The Kier molecular flexibility index (Phi) is 6.69. The van der Waals surface area contributed by atoms with E-state index in [0.717, 1.165) is 25.9 Å². The van der Waals surface area contributed by atoms with E-state index in [-0.39, 0.29) is 16.5 Å². The fourth-order valence-electron chi connectivity index (χ4n) is 2.52. The zero-order chi connectivity index (χ0) is 16.8. The lowest BCUT2D eigenvalue weighted by Crippen LogP contribution is -2.47. The normalized spacial score (nSPS) is 19.0. The van der Waals surface area contributed by atoms with E-state index in [1.165, 1.54) is 0 Å². The van der Waals surface area contributed by atoms with E-state index in [4.69, 9.17) is 23.2 Å². The highest BCUT2D eigenvalue weighted by molar-refractivity contribution is 6.43. The van der Waals surface area contributed by atoms with Gasteiger partial charge in [-0.25, -0.2) is 0 Å². The van der Waals surface area contributed by atoms with Crippen LogP contribution in [0.3, 0.4) is 0 Å². The molecule has 1 aliphatic rings. The molecule has 23 heavy (non-hydrogen) atoms. The number of benzene rings is 1. The number of nitrogens with one attached hydrogen (secondary N) is 3. The fourth-order valence-corrected chi connectivity index (χ4v) is 2.90. The lowest BCUT2D eigenvalue weighted by atomic mass is 10.00. The second-order valence-electron chi connectivity index (χ2n) is 5.75. The molecule has 2 atom stereocenters. The van der Waals surface area contributed by atoms with Crippen molar-refractivity contribution in [2.75, 3.05) is 19.6 Å². The first kappa shape index (κ1) is 18.0. The van der Waals surface area contributed by atoms with Gasteiger partial charge in [0.2, 0.25) is 5.91 Å². The maximum Gasteiger partial charge on any atom is 0.253 e. The summed E-state index contributed by atoms with van der Waals surface area (Å²) >= 11 is 11.9. The predicted octanol–water partition coefficient (Wildman–Crippen LogP) is 2.23. The molecule has 1 aromatic rings. The van der Waals surface area contributed by atoms with Gasteiger partial charge in [0.25, 0.3) is 5.91 Å². The van der Waals surface area contributed by atoms with Gasteiger partial charge in [-0.15, -0.1) is 0 Å². The highest BCUT2D eigenvalue weighted by Crippen LogP contribution is 2.25. The number of carbonyl (C=O) groups is 2. The molecule has 2 amide bonds. The van der Waals surface area contributed by atoms with Crippen LogP contribution in [0.5, 0.6) is 0 Å². The van der Waals surface area contributed by atoms with Crippen LogP contribution in [0.25, 0.3) is 0 Å². The van der Waals surface area contributed by atoms with Crippen LogP contribution in [0.1, 0.15) is 30.1 Å². The summed E-state index contributed by atoms with van der Waals surface area (Å²) in [7, 11) is 0. The van der Waals surface area contributed by atoms with Gasteiger partial charge in [0.15, 0.2) is 0 Å². The van der Waals surface area contributed by atoms with Gasteiger partial charge in [0, 0.05) is 6.54 Å². The van der Waals surface area contributed by atoms with E-state index in [1.807, 2.05) is 0 Å². The summed E-state index contributed by atoms with van der Waals surface area (Å²) in [5.41, 5.74) is 0.260. The molecule has 1 aliphatic heterocycles. The number of hydrogen-bond acceptors (Lipinski definition) is 3. The minimum atomic E-state index is -0.644. The molecule has 1 saturated heterocycles. The van der Waals surface area contributed by atoms with Crippen molar-refractivity contribution in [1.82, 2.24) is 16.0 Å². The van der Waals surface area contributed by atoms with E-state index in [2.05, 4.69) is 16.0 Å². The molecule has 2 rings (SSSR count). The Labute approximate surface area is 146 Å². The second kappa shape index (κ2) is 8.52. The SMILES string of the molecule is CC(NC(=O)c1cccc(Cl)c1Cl)C(=O)NCC1CCCNC1. The maximum absolute atomic E-state index is 12.2. The molecule has 0 aliphatic carbocycles. The molecule has 0 saturated carbocycles. The molecule has 5 nitrogen and oxygen atoms in total. The van der Waals surface area contributed by atoms with Crippen LogP contribution in [-0.2, 0) is 4.79 Å². The summed E-state index contributed by atoms with van der Waals surface area (Å²) < 4.78 is 0. The topological polar surface area (TPSA) is 70.2 Å². The molecule has 1 fully saturated rings. The molecule has 0 aromatic heterocycles. The first-order valence-electron chi connectivity index (χ1n) is 7.72. The van der Waals surface area contributed by atoms with E-state index in [9.17, 15) is 9.59 Å². The third kappa shape index (κ3) is 5.09. The third-order valence-electron chi connectivity index (χ3n) is 3.90. The maximum atomic E-state index is 12.2. The van der Waals surface area contributed by atoms with Crippen molar-refractivity contribution < 1.29 is 9.59 Å². The summed E-state index contributed by atoms with van der Waals surface area (Å²) in [6, 6.07) is 4.18. The summed E-state index contributed by atoms with van der Waals surface area (Å²) in [5, 5.41) is 9.32. The molecule has 7 heteroatoms. The largest absolute Gasteiger partial charge is 0.354 e. The van der Waals surface area contributed by atoms with E-state index in [1.54, 1.807) is 25.1 Å². The van der Waals surface area contributed by atoms with Crippen molar-refractivity contribution in [2.45, 2.75) is 25.8 Å². The molecule has 3 N–H and O–H groups in total. The molecule has 1 heterocycles. The highest BCUT2D eigenvalue weighted by Gasteiger charge is 2.20. The first-order chi connectivity index (χ1) is 11.0. The van der Waals surface area contributed by atoms with Crippen LogP contribution in [0.4, 0.5) is 0 Å². The van der Waals surface area contributed by atoms with Crippen LogP contribution >= 0.6 is 23.2 Å². The van der Waals surface area contributed by atoms with Crippen LogP contribution in [-0.4, -0.2) is 37.5 Å². The number of rotatable bonds is 5. The minimum Gasteiger partial charge on any atom is -0.354 e. The zero-order valence-electron chi connectivity index (χ0n) is 13.0. The Bertz CT molecular complexity index is 574. The fraction of sp³-hybridized carbons (Fsp3) is 0.500. The molecule has 0 radical (unpaired) electrons. The molecule has 0 bridgehead atoms. The van der Waals surface area contributed by atoms with Gasteiger partial charge in [-0.3, -0.25) is 9.59 Å². The first-order valence-corrected chi connectivity index (χ1v) is 8.48. The Balaban J connectivity index is 1.85. The molecule has 2 unspecified atom stereocenters. The van der Waals surface area contributed by atoms with Crippen molar-refractivity contribution in [3.63, 3.8) is 0 Å². The van der Waals surface area contributed by atoms with Crippen LogP contribution in [0, 0.1) is 5.92 Å². The molecular formula is C16H21Cl2N3O2. The van der Waals surface area contributed by atoms with Crippen LogP contribution in [0.15, 0.2) is 18.2 Å². The zero-order valence-corrected chi connectivity index (χ0v) is 14.5. The van der Waals surface area contributed by atoms with E-state index >= 15 is 0 Å². The summed E-state index contributed by atoms with van der Waals surface area (Å²) in [6.07, 6.45) is 2.23. The lowest BCUT2D eigenvalue weighted by molar-refractivity contribution is -0.122. The van der Waals surface area contributed by atoms with E-state index < -0.39 is 11.9 Å². The Morgan fingerprint density at radius 1 is 1.39 bits per heavy atom. The average Bonchev–Trinajstić information content (AvgIpc) is 2.55. The van der Waals surface area contributed by atoms with Crippen molar-refractivity contribution in [3.8, 4) is 0 Å². The smallest absolute Gasteiger partial charge is 0.253 e. The number of carbonyl (C=O) groups excluding carboxylic acids is 2. The minimum absolute atomic E-state index is 0.188. The van der Waals surface area contributed by atoms with Gasteiger partial charge in [0.05, 0.1) is 15.6 Å². The van der Waals surface area contributed by atoms with Crippen molar-refractivity contribution in [1.29, 1.82) is 0 Å². The van der Waals surface area contributed by atoms with Gasteiger partial charge in [-0.1, -0.05) is 29.3 Å². The molecule has 1 aromatic carbocycles. The number of amides is 2. The molecular weight excluding hydrogens is 337 g/mol. The Morgan fingerprint density at radius 3 is 2.87 bits per heavy atom. The van der Waals surface area contributed by atoms with Crippen molar-refractivity contribution in [3.05, 3.63) is 33.8 Å². The van der Waals surface area contributed by atoms with Gasteiger partial charge >= 0.3 is 0 Å². The van der Waals surface area contributed by atoms with Gasteiger partial charge in [-0.05, 0) is 50.9 Å². The van der Waals surface area contributed by atoms with Crippen LogP contribution in [0.2, 0.25) is 10.0 Å². The number of halogens is 2. The van der Waals surface area contributed by atoms with E-state index in [0.29, 0.717) is 17.5 Å². The van der Waals surface area contributed by atoms with Crippen molar-refractivity contribution >= 4 is 35.0 Å². The van der Waals surface area contributed by atoms with Crippen LogP contribution < -0.4 is 16.0 Å². The highest BCUT2D eigenvalue weighted by atomic mass is 35.5. The molecule has 0 spiro atoms. The lowest BCUT2D eigenvalue weighted by Gasteiger charge is -2.23. The Hall–Kier alpha value is -1.30.